The summed E-state index contributed by atoms with van der Waals surface area (Å²) in [5, 5.41) is 0. The van der Waals surface area contributed by atoms with Crippen molar-refractivity contribution in [3.05, 3.63) is 90.6 Å². The number of thiazole rings is 1. The Bertz CT molecular complexity index is 1550. The molecule has 0 spiro atoms. The van der Waals surface area contributed by atoms with Crippen molar-refractivity contribution in [1.82, 2.24) is 4.57 Å². The second-order valence-corrected chi connectivity index (χ2v) is 9.74. The molecule has 2 aromatic carbocycles. The molecule has 0 N–H and O–H groups in total. The van der Waals surface area contributed by atoms with Gasteiger partial charge in [-0.3, -0.25) is 14.2 Å². The fourth-order valence-corrected chi connectivity index (χ4v) is 5.56. The van der Waals surface area contributed by atoms with Gasteiger partial charge in [-0.15, -0.1) is 0 Å². The molecule has 1 aliphatic heterocycles. The van der Waals surface area contributed by atoms with Crippen LogP contribution in [0.5, 0.6) is 5.75 Å². The van der Waals surface area contributed by atoms with Crippen molar-refractivity contribution in [3.63, 3.8) is 0 Å². The predicted molar refractivity (Wildman–Crippen MR) is 148 cm³/mol. The lowest BCUT2D eigenvalue weighted by Gasteiger charge is -2.24. The highest BCUT2D eigenvalue weighted by Crippen LogP contribution is 2.31. The summed E-state index contributed by atoms with van der Waals surface area (Å²) in [6, 6.07) is 14.1. The van der Waals surface area contributed by atoms with Gasteiger partial charge in [0.25, 0.3) is 5.56 Å². The standard InChI is InChI=1S/C29H31N3O5S/c1-6-31(7-2)22-13-9-20(10-14-22)17-24-27(34)32-26(21-11-15-23(16-12-21)37-19(5)33)25(28(35)36-8-3)18(4)30-29(32)38-24/h9-17,26H,6-8H2,1-5H3/b24-17-/t26-/m1/s1. The predicted octanol–water partition coefficient (Wildman–Crippen LogP) is 3.57. The Labute approximate surface area is 225 Å². The van der Waals surface area contributed by atoms with E-state index in [0.717, 1.165) is 24.3 Å². The Balaban J connectivity index is 1.83. The zero-order valence-electron chi connectivity index (χ0n) is 22.2. The number of carbonyl (C=O) groups excluding carboxylic acids is 2. The summed E-state index contributed by atoms with van der Waals surface area (Å²) in [7, 11) is 0. The summed E-state index contributed by atoms with van der Waals surface area (Å²) in [4.78, 5) is 45.5. The van der Waals surface area contributed by atoms with Crippen LogP contribution in [0, 0.1) is 0 Å². The smallest absolute Gasteiger partial charge is 0.338 e. The fraction of sp³-hybridized carbons (Fsp3) is 0.310. The number of ether oxygens (including phenoxy) is 2. The first-order valence-corrected chi connectivity index (χ1v) is 13.4. The van der Waals surface area contributed by atoms with Gasteiger partial charge in [0.1, 0.15) is 5.75 Å². The maximum atomic E-state index is 13.7. The van der Waals surface area contributed by atoms with Gasteiger partial charge in [0.2, 0.25) is 0 Å². The Morgan fingerprint density at radius 2 is 1.71 bits per heavy atom. The van der Waals surface area contributed by atoms with Crippen LogP contribution in [0.15, 0.2) is 69.6 Å². The molecule has 9 heteroatoms. The van der Waals surface area contributed by atoms with Gasteiger partial charge in [0.15, 0.2) is 4.80 Å². The lowest BCUT2D eigenvalue weighted by Crippen LogP contribution is -2.39. The van der Waals surface area contributed by atoms with Crippen molar-refractivity contribution >= 4 is 35.0 Å². The molecule has 1 aromatic heterocycles. The first kappa shape index (κ1) is 27.1. The largest absolute Gasteiger partial charge is 0.463 e. The minimum atomic E-state index is -0.733. The third-order valence-electron chi connectivity index (χ3n) is 6.29. The SMILES string of the molecule is CCOC(=O)C1=C(C)N=c2s/c(=C\c3ccc(N(CC)CC)cc3)c(=O)n2[C@@H]1c1ccc(OC(C)=O)cc1. The Hall–Kier alpha value is -3.98. The maximum absolute atomic E-state index is 13.7. The van der Waals surface area contributed by atoms with Gasteiger partial charge in [0, 0.05) is 25.7 Å². The van der Waals surface area contributed by atoms with E-state index in [2.05, 4.69) is 23.7 Å². The van der Waals surface area contributed by atoms with Crippen molar-refractivity contribution in [1.29, 1.82) is 0 Å². The number of carbonyl (C=O) groups is 2. The van der Waals surface area contributed by atoms with Crippen LogP contribution in [0.1, 0.15) is 51.8 Å². The van der Waals surface area contributed by atoms with Gasteiger partial charge < -0.3 is 14.4 Å². The molecular weight excluding hydrogens is 502 g/mol. The average Bonchev–Trinajstić information content (AvgIpc) is 3.19. The van der Waals surface area contributed by atoms with E-state index in [0.29, 0.717) is 31.9 Å². The molecule has 0 saturated heterocycles. The third kappa shape index (κ3) is 5.47. The number of hydrogen-bond acceptors (Lipinski definition) is 8. The van der Waals surface area contributed by atoms with Crippen LogP contribution in [-0.4, -0.2) is 36.2 Å². The summed E-state index contributed by atoms with van der Waals surface area (Å²) >= 11 is 1.28. The van der Waals surface area contributed by atoms with Crippen molar-refractivity contribution < 1.29 is 19.1 Å². The van der Waals surface area contributed by atoms with Crippen molar-refractivity contribution in [2.24, 2.45) is 4.99 Å². The van der Waals surface area contributed by atoms with Crippen LogP contribution in [0.3, 0.4) is 0 Å². The molecular formula is C29H31N3O5S. The van der Waals surface area contributed by atoms with E-state index in [9.17, 15) is 14.4 Å². The van der Waals surface area contributed by atoms with E-state index in [4.69, 9.17) is 9.47 Å². The average molecular weight is 534 g/mol. The van der Waals surface area contributed by atoms with E-state index < -0.39 is 18.0 Å². The minimum Gasteiger partial charge on any atom is -0.463 e. The van der Waals surface area contributed by atoms with E-state index in [1.807, 2.05) is 30.3 Å². The van der Waals surface area contributed by atoms with Crippen LogP contribution in [0.2, 0.25) is 0 Å². The Kier molecular flexibility index (Phi) is 8.26. The molecule has 0 saturated carbocycles. The summed E-state index contributed by atoms with van der Waals surface area (Å²) in [5.41, 5.74) is 3.25. The summed E-state index contributed by atoms with van der Waals surface area (Å²) in [6.07, 6.45) is 1.85. The molecule has 4 rings (SSSR count). The van der Waals surface area contributed by atoms with Crippen LogP contribution in [-0.2, 0) is 14.3 Å². The number of benzene rings is 2. The first-order valence-electron chi connectivity index (χ1n) is 12.6. The number of hydrogen-bond donors (Lipinski definition) is 0. The summed E-state index contributed by atoms with van der Waals surface area (Å²) in [5.74, 6) is -0.580. The fourth-order valence-electron chi connectivity index (χ4n) is 4.51. The molecule has 198 valence electrons. The lowest BCUT2D eigenvalue weighted by atomic mass is 9.96. The second-order valence-electron chi connectivity index (χ2n) is 8.73. The molecule has 38 heavy (non-hydrogen) atoms. The number of fused-ring (bicyclic) bond motifs is 1. The van der Waals surface area contributed by atoms with Gasteiger partial charge in [-0.2, -0.15) is 0 Å². The summed E-state index contributed by atoms with van der Waals surface area (Å²) in [6.45, 7) is 11.1. The van der Waals surface area contributed by atoms with Gasteiger partial charge >= 0.3 is 11.9 Å². The van der Waals surface area contributed by atoms with E-state index in [1.54, 1.807) is 42.7 Å². The monoisotopic (exact) mass is 533 g/mol. The zero-order valence-corrected chi connectivity index (χ0v) is 23.0. The highest BCUT2D eigenvalue weighted by atomic mass is 32.1. The number of esters is 2. The Morgan fingerprint density at radius 1 is 1.05 bits per heavy atom. The Morgan fingerprint density at radius 3 is 2.29 bits per heavy atom. The molecule has 0 unspecified atom stereocenters. The molecule has 3 aromatic rings. The third-order valence-corrected chi connectivity index (χ3v) is 7.28. The molecule has 0 aliphatic carbocycles. The van der Waals surface area contributed by atoms with Gasteiger partial charge in [-0.1, -0.05) is 35.6 Å². The zero-order chi connectivity index (χ0) is 27.4. The van der Waals surface area contributed by atoms with Gasteiger partial charge in [-0.25, -0.2) is 9.79 Å². The minimum absolute atomic E-state index is 0.196. The quantitative estimate of drug-likeness (QED) is 0.325. The van der Waals surface area contributed by atoms with Crippen molar-refractivity contribution in [2.45, 2.75) is 40.7 Å². The molecule has 1 aliphatic rings. The summed E-state index contributed by atoms with van der Waals surface area (Å²) < 4.78 is 12.5. The topological polar surface area (TPSA) is 90.2 Å². The molecule has 0 radical (unpaired) electrons. The number of anilines is 1. The number of rotatable bonds is 8. The van der Waals surface area contributed by atoms with Gasteiger partial charge in [0.05, 0.1) is 28.5 Å². The second kappa shape index (κ2) is 11.6. The molecule has 0 amide bonds. The van der Waals surface area contributed by atoms with E-state index in [-0.39, 0.29) is 12.2 Å². The molecule has 0 bridgehead atoms. The highest BCUT2D eigenvalue weighted by molar-refractivity contribution is 7.07. The lowest BCUT2D eigenvalue weighted by molar-refractivity contribution is -0.139. The van der Waals surface area contributed by atoms with Crippen molar-refractivity contribution in [3.8, 4) is 5.75 Å². The number of allylic oxidation sites excluding steroid dienone is 1. The molecule has 2 heterocycles. The van der Waals surface area contributed by atoms with Crippen LogP contribution in [0.4, 0.5) is 5.69 Å². The highest BCUT2D eigenvalue weighted by Gasteiger charge is 2.33. The van der Waals surface area contributed by atoms with Crippen LogP contribution < -0.4 is 24.5 Å². The molecule has 1 atom stereocenters. The molecule has 0 fully saturated rings. The van der Waals surface area contributed by atoms with E-state index in [1.165, 1.54) is 18.3 Å². The van der Waals surface area contributed by atoms with Crippen LogP contribution in [0.25, 0.3) is 6.08 Å². The number of nitrogens with zero attached hydrogens (tertiary/aromatic N) is 3. The van der Waals surface area contributed by atoms with Crippen LogP contribution >= 0.6 is 11.3 Å². The van der Waals surface area contributed by atoms with Gasteiger partial charge in [-0.05, 0) is 69.2 Å². The number of aromatic nitrogens is 1. The van der Waals surface area contributed by atoms with Crippen molar-refractivity contribution in [2.75, 3.05) is 24.6 Å². The molecule has 8 nitrogen and oxygen atoms in total. The normalized spacial score (nSPS) is 15.1. The van der Waals surface area contributed by atoms with E-state index >= 15 is 0 Å². The first-order chi connectivity index (χ1) is 18.3. The maximum Gasteiger partial charge on any atom is 0.338 e.